The lowest BCUT2D eigenvalue weighted by Gasteiger charge is -2.31. The van der Waals surface area contributed by atoms with Gasteiger partial charge in [0.1, 0.15) is 10.0 Å². The first-order valence-corrected chi connectivity index (χ1v) is 12.4. The summed E-state index contributed by atoms with van der Waals surface area (Å²) < 4.78 is 42.9. The first-order chi connectivity index (χ1) is 17.6. The van der Waals surface area contributed by atoms with Crippen LogP contribution in [0.4, 0.5) is 18.9 Å². The number of carbonyl (C=O) groups is 2. The number of anilines is 1. The number of likely N-dealkylation sites (N-methyl/N-ethyl adjacent to an activating group) is 1. The van der Waals surface area contributed by atoms with Gasteiger partial charge in [-0.3, -0.25) is 14.5 Å². The normalized spacial score (nSPS) is 14.9. The number of aryl methyl sites for hydroxylation is 1. The number of benzene rings is 2. The molecule has 0 saturated carbocycles. The number of nitrogens with zero attached hydrogens (tertiary/aromatic N) is 4. The van der Waals surface area contributed by atoms with Crippen LogP contribution in [0, 0.1) is 6.92 Å². The van der Waals surface area contributed by atoms with Crippen molar-refractivity contribution in [2.45, 2.75) is 19.7 Å². The van der Waals surface area contributed by atoms with Gasteiger partial charge in [0, 0.05) is 37.3 Å². The molecule has 0 atom stereocenters. The van der Waals surface area contributed by atoms with Gasteiger partial charge >= 0.3 is 6.36 Å². The Morgan fingerprint density at radius 1 is 1.05 bits per heavy atom. The zero-order valence-corrected chi connectivity index (χ0v) is 21.2. The van der Waals surface area contributed by atoms with Gasteiger partial charge in [-0.2, -0.15) is 0 Å². The summed E-state index contributed by atoms with van der Waals surface area (Å²) >= 11 is 1.27. The maximum atomic E-state index is 13.0. The van der Waals surface area contributed by atoms with Gasteiger partial charge in [-0.25, -0.2) is 0 Å². The summed E-state index contributed by atoms with van der Waals surface area (Å²) in [6.07, 6.45) is -5.04. The van der Waals surface area contributed by atoms with Crippen molar-refractivity contribution in [2.75, 3.05) is 45.1 Å². The second-order valence-corrected chi connectivity index (χ2v) is 9.92. The topological polar surface area (TPSA) is 87.7 Å². The van der Waals surface area contributed by atoms with Crippen LogP contribution in [0.3, 0.4) is 0 Å². The number of ketones is 1. The molecule has 196 valence electrons. The number of aromatic nitrogens is 2. The lowest BCUT2D eigenvalue weighted by molar-refractivity contribution is -0.274. The van der Waals surface area contributed by atoms with Crippen molar-refractivity contribution in [3.05, 3.63) is 58.6 Å². The van der Waals surface area contributed by atoms with Crippen molar-refractivity contribution in [1.29, 1.82) is 0 Å². The van der Waals surface area contributed by atoms with Gasteiger partial charge in [-0.15, -0.1) is 23.4 Å². The maximum Gasteiger partial charge on any atom is 0.573 e. The van der Waals surface area contributed by atoms with Crippen molar-refractivity contribution < 1.29 is 27.5 Å². The molecule has 1 aliphatic heterocycles. The van der Waals surface area contributed by atoms with Crippen molar-refractivity contribution in [1.82, 2.24) is 20.0 Å². The molecule has 0 unspecified atom stereocenters. The summed E-state index contributed by atoms with van der Waals surface area (Å²) in [5.74, 6) is -1.46. The molecule has 2 aromatic carbocycles. The number of halogens is 3. The number of nitrogens with one attached hydrogen (secondary N) is 1. The van der Waals surface area contributed by atoms with E-state index < -0.39 is 18.0 Å². The molecule has 0 aliphatic carbocycles. The molecule has 12 heteroatoms. The molecule has 2 heterocycles. The zero-order chi connectivity index (χ0) is 26.6. The minimum absolute atomic E-state index is 0.0179. The average Bonchev–Trinajstić information content (AvgIpc) is 3.29. The minimum Gasteiger partial charge on any atom is -0.404 e. The van der Waals surface area contributed by atoms with Crippen molar-refractivity contribution >= 4 is 28.7 Å². The molecule has 8 nitrogen and oxygen atoms in total. The number of alkyl halides is 3. The van der Waals surface area contributed by atoms with E-state index in [1.54, 1.807) is 0 Å². The summed E-state index contributed by atoms with van der Waals surface area (Å²) in [5, 5.41) is 11.8. The first kappa shape index (κ1) is 26.7. The van der Waals surface area contributed by atoms with Crippen molar-refractivity contribution in [3.63, 3.8) is 0 Å². The number of carbonyl (C=O) groups excluding carboxylic acids is 2. The fourth-order valence-electron chi connectivity index (χ4n) is 3.79. The number of amides is 1. The molecule has 1 N–H and O–H groups in total. The Labute approximate surface area is 216 Å². The second kappa shape index (κ2) is 11.4. The van der Waals surface area contributed by atoms with Crippen LogP contribution in [-0.4, -0.2) is 77.8 Å². The molecule has 0 bridgehead atoms. The lowest BCUT2D eigenvalue weighted by Crippen LogP contribution is -2.47. The first-order valence-electron chi connectivity index (χ1n) is 11.6. The second-order valence-electron chi connectivity index (χ2n) is 8.85. The van der Waals surface area contributed by atoms with Gasteiger partial charge < -0.3 is 15.0 Å². The molecule has 1 aliphatic rings. The van der Waals surface area contributed by atoms with Crippen LogP contribution in [0.5, 0.6) is 5.75 Å². The average molecular weight is 534 g/mol. The highest BCUT2D eigenvalue weighted by atomic mass is 32.1. The molecule has 1 saturated heterocycles. The summed E-state index contributed by atoms with van der Waals surface area (Å²) in [7, 11) is 1.98. The number of Topliss-reactive ketones (excluding diaryl/α,β-unsaturated/α-hetero) is 1. The Kier molecular flexibility index (Phi) is 8.20. The van der Waals surface area contributed by atoms with E-state index in [1.807, 2.05) is 43.1 Å². The van der Waals surface area contributed by atoms with E-state index >= 15 is 0 Å². The van der Waals surface area contributed by atoms with Crippen molar-refractivity contribution in [3.8, 4) is 16.3 Å². The van der Waals surface area contributed by atoms with Gasteiger partial charge in [0.15, 0.2) is 11.5 Å². The third-order valence-corrected chi connectivity index (χ3v) is 6.81. The Morgan fingerprint density at radius 3 is 2.43 bits per heavy atom. The Bertz CT molecular complexity index is 1260. The van der Waals surface area contributed by atoms with E-state index in [0.717, 1.165) is 30.3 Å². The van der Waals surface area contributed by atoms with Crippen LogP contribution in [0.15, 0.2) is 42.5 Å². The van der Waals surface area contributed by atoms with E-state index in [4.69, 9.17) is 0 Å². The molecule has 1 amide bonds. The van der Waals surface area contributed by atoms with E-state index in [-0.39, 0.29) is 30.0 Å². The van der Waals surface area contributed by atoms with Gasteiger partial charge in [0.05, 0.1) is 18.7 Å². The van der Waals surface area contributed by atoms with Crippen LogP contribution in [0.25, 0.3) is 10.6 Å². The molecular formula is C25H26F3N5O3S. The summed E-state index contributed by atoms with van der Waals surface area (Å²) in [4.78, 5) is 29.6. The molecule has 4 rings (SSSR count). The maximum absolute atomic E-state index is 13.0. The quantitative estimate of drug-likeness (QED) is 0.438. The predicted octanol–water partition coefficient (Wildman–Crippen LogP) is 4.02. The fourth-order valence-corrected chi connectivity index (χ4v) is 4.63. The van der Waals surface area contributed by atoms with E-state index in [1.165, 1.54) is 23.5 Å². The Hall–Kier alpha value is -3.35. The van der Waals surface area contributed by atoms with E-state index in [9.17, 15) is 22.8 Å². The van der Waals surface area contributed by atoms with Gasteiger partial charge in [0.2, 0.25) is 5.91 Å². The summed E-state index contributed by atoms with van der Waals surface area (Å²) in [6.45, 7) is 4.90. The Balaban J connectivity index is 1.48. The SMILES string of the molecule is Cc1ccc(-c2nnc(CC(=O)c3ccc(OC(F)(F)F)c(NC(=O)CN4CCN(C)CC4)c3)s2)cc1. The minimum atomic E-state index is -4.96. The van der Waals surface area contributed by atoms with Crippen molar-refractivity contribution in [2.24, 2.45) is 0 Å². The van der Waals surface area contributed by atoms with Gasteiger partial charge in [-0.05, 0) is 32.2 Å². The summed E-state index contributed by atoms with van der Waals surface area (Å²) in [5.41, 5.74) is 1.88. The third-order valence-electron chi connectivity index (χ3n) is 5.84. The lowest BCUT2D eigenvalue weighted by atomic mass is 10.1. The fraction of sp³-hybridized carbons (Fsp3) is 0.360. The van der Waals surface area contributed by atoms with Crippen LogP contribution >= 0.6 is 11.3 Å². The molecule has 0 radical (unpaired) electrons. The van der Waals surface area contributed by atoms with Gasteiger partial charge in [-0.1, -0.05) is 41.2 Å². The molecule has 1 fully saturated rings. The van der Waals surface area contributed by atoms with Gasteiger partial charge in [0.25, 0.3) is 0 Å². The van der Waals surface area contributed by atoms with Crippen LogP contribution in [0.2, 0.25) is 0 Å². The standard InChI is InChI=1S/C25H26F3N5O3S/c1-16-3-5-17(6-4-16)24-31-30-23(37-24)14-20(34)18-7-8-21(36-25(26,27)28)19(13-18)29-22(35)15-33-11-9-32(2)10-12-33/h3-8,13H,9-12,14-15H2,1-2H3,(H,29,35). The largest absolute Gasteiger partial charge is 0.573 e. The number of hydrogen-bond donors (Lipinski definition) is 1. The molecular weight excluding hydrogens is 507 g/mol. The monoisotopic (exact) mass is 533 g/mol. The zero-order valence-electron chi connectivity index (χ0n) is 20.3. The Morgan fingerprint density at radius 2 is 1.76 bits per heavy atom. The molecule has 0 spiro atoms. The highest BCUT2D eigenvalue weighted by Crippen LogP contribution is 2.32. The van der Waals surface area contributed by atoms with Crippen LogP contribution in [0.1, 0.15) is 20.9 Å². The molecule has 37 heavy (non-hydrogen) atoms. The smallest absolute Gasteiger partial charge is 0.404 e. The summed E-state index contributed by atoms with van der Waals surface area (Å²) in [6, 6.07) is 11.2. The third kappa shape index (κ3) is 7.57. The number of ether oxygens (including phenoxy) is 1. The van der Waals surface area contributed by atoms with E-state index in [2.05, 4.69) is 25.2 Å². The predicted molar refractivity (Wildman–Crippen MR) is 134 cm³/mol. The van der Waals surface area contributed by atoms with E-state index in [0.29, 0.717) is 23.1 Å². The number of hydrogen-bond acceptors (Lipinski definition) is 8. The van der Waals surface area contributed by atoms with Crippen LogP contribution < -0.4 is 10.1 Å². The van der Waals surface area contributed by atoms with Crippen LogP contribution in [-0.2, 0) is 11.2 Å². The molecule has 1 aromatic heterocycles. The highest BCUT2D eigenvalue weighted by molar-refractivity contribution is 7.14. The molecule has 3 aromatic rings. The highest BCUT2D eigenvalue weighted by Gasteiger charge is 2.33. The number of piperazine rings is 1. The number of rotatable bonds is 8.